The fraction of sp³-hybridized carbons (Fsp3) is 0.700. The molecular formula is C20H35N3O2. The smallest absolute Gasteiger partial charge is 0.161 e. The molecule has 0 saturated carbocycles. The van der Waals surface area contributed by atoms with Crippen LogP contribution in [-0.4, -0.2) is 69.3 Å². The Kier molecular flexibility index (Phi) is 9.08. The van der Waals surface area contributed by atoms with Gasteiger partial charge in [-0.15, -0.1) is 0 Å². The van der Waals surface area contributed by atoms with Crippen LogP contribution in [0.2, 0.25) is 0 Å². The van der Waals surface area contributed by atoms with Crippen molar-refractivity contribution in [3.8, 4) is 11.5 Å². The van der Waals surface area contributed by atoms with Crippen LogP contribution in [0.15, 0.2) is 18.2 Å². The van der Waals surface area contributed by atoms with E-state index in [9.17, 15) is 0 Å². The van der Waals surface area contributed by atoms with Gasteiger partial charge in [-0.2, -0.15) is 0 Å². The molecule has 5 nitrogen and oxygen atoms in total. The molecular weight excluding hydrogens is 314 g/mol. The maximum Gasteiger partial charge on any atom is 0.161 e. The van der Waals surface area contributed by atoms with E-state index >= 15 is 0 Å². The van der Waals surface area contributed by atoms with E-state index in [2.05, 4.69) is 34.3 Å². The van der Waals surface area contributed by atoms with Gasteiger partial charge in [-0.25, -0.2) is 0 Å². The molecule has 0 atom stereocenters. The second kappa shape index (κ2) is 11.3. The average molecular weight is 350 g/mol. The Labute approximate surface area is 153 Å². The quantitative estimate of drug-likeness (QED) is 0.657. The molecule has 1 aromatic carbocycles. The van der Waals surface area contributed by atoms with Crippen molar-refractivity contribution in [1.82, 2.24) is 15.1 Å². The van der Waals surface area contributed by atoms with Gasteiger partial charge in [-0.3, -0.25) is 0 Å². The van der Waals surface area contributed by atoms with Gasteiger partial charge in [0.25, 0.3) is 0 Å². The molecule has 0 radical (unpaired) electrons. The molecule has 0 amide bonds. The third-order valence-corrected chi connectivity index (χ3v) is 4.58. The summed E-state index contributed by atoms with van der Waals surface area (Å²) < 4.78 is 11.3. The van der Waals surface area contributed by atoms with Crippen molar-refractivity contribution in [3.63, 3.8) is 0 Å². The first-order valence-corrected chi connectivity index (χ1v) is 9.73. The number of hydrogen-bond donors (Lipinski definition) is 1. The van der Waals surface area contributed by atoms with Gasteiger partial charge in [0.15, 0.2) is 11.5 Å². The van der Waals surface area contributed by atoms with Gasteiger partial charge >= 0.3 is 0 Å². The lowest BCUT2D eigenvalue weighted by molar-refractivity contribution is 0.272. The molecule has 0 bridgehead atoms. The molecule has 1 heterocycles. The second-order valence-electron chi connectivity index (χ2n) is 6.68. The first kappa shape index (κ1) is 20.0. The van der Waals surface area contributed by atoms with Crippen LogP contribution < -0.4 is 14.8 Å². The Morgan fingerprint density at radius 2 is 1.80 bits per heavy atom. The predicted molar refractivity (Wildman–Crippen MR) is 104 cm³/mol. The van der Waals surface area contributed by atoms with Gasteiger partial charge in [0, 0.05) is 19.6 Å². The topological polar surface area (TPSA) is 37.0 Å². The van der Waals surface area contributed by atoms with E-state index in [-0.39, 0.29) is 0 Å². The van der Waals surface area contributed by atoms with Crippen LogP contribution in [0.3, 0.4) is 0 Å². The number of nitrogens with zero attached hydrogens (tertiary/aromatic N) is 2. The Morgan fingerprint density at radius 1 is 1.00 bits per heavy atom. The minimum atomic E-state index is 0.655. The highest BCUT2D eigenvalue weighted by Gasteiger charge is 2.11. The van der Waals surface area contributed by atoms with Gasteiger partial charge in [0.2, 0.25) is 0 Å². The average Bonchev–Trinajstić information content (AvgIpc) is 2.81. The summed E-state index contributed by atoms with van der Waals surface area (Å²) in [5.41, 5.74) is 1.24. The maximum atomic E-state index is 5.69. The minimum Gasteiger partial charge on any atom is -0.490 e. The summed E-state index contributed by atoms with van der Waals surface area (Å²) in [5.74, 6) is 1.68. The molecule has 1 fully saturated rings. The summed E-state index contributed by atoms with van der Waals surface area (Å²) >= 11 is 0. The number of nitrogens with one attached hydrogen (secondary N) is 1. The Hall–Kier alpha value is -1.30. The van der Waals surface area contributed by atoms with Crippen molar-refractivity contribution in [2.75, 3.05) is 59.5 Å². The normalized spacial score (nSPS) is 16.6. The lowest BCUT2D eigenvalue weighted by atomic mass is 10.2. The first-order valence-electron chi connectivity index (χ1n) is 9.73. The lowest BCUT2D eigenvalue weighted by Gasteiger charge is -2.20. The van der Waals surface area contributed by atoms with Gasteiger partial charge < -0.3 is 24.6 Å². The Morgan fingerprint density at radius 3 is 2.60 bits per heavy atom. The second-order valence-corrected chi connectivity index (χ2v) is 6.68. The van der Waals surface area contributed by atoms with Crippen molar-refractivity contribution >= 4 is 0 Å². The van der Waals surface area contributed by atoms with Gasteiger partial charge in [-0.1, -0.05) is 6.07 Å². The van der Waals surface area contributed by atoms with Crippen LogP contribution in [-0.2, 0) is 6.54 Å². The first-order chi connectivity index (χ1) is 12.2. The number of benzene rings is 1. The van der Waals surface area contributed by atoms with Crippen LogP contribution in [0.1, 0.15) is 32.3 Å². The summed E-state index contributed by atoms with van der Waals surface area (Å²) in [5, 5.41) is 3.55. The van der Waals surface area contributed by atoms with Gasteiger partial charge in [0.05, 0.1) is 13.2 Å². The van der Waals surface area contributed by atoms with E-state index in [4.69, 9.17) is 9.47 Å². The largest absolute Gasteiger partial charge is 0.490 e. The third-order valence-electron chi connectivity index (χ3n) is 4.58. The highest BCUT2D eigenvalue weighted by molar-refractivity contribution is 5.43. The summed E-state index contributed by atoms with van der Waals surface area (Å²) in [6.45, 7) is 13.3. The van der Waals surface area contributed by atoms with Crippen LogP contribution in [0, 0.1) is 0 Å². The molecule has 0 aromatic heterocycles. The van der Waals surface area contributed by atoms with Crippen molar-refractivity contribution in [3.05, 3.63) is 23.8 Å². The summed E-state index contributed by atoms with van der Waals surface area (Å²) in [6.07, 6.45) is 2.48. The van der Waals surface area contributed by atoms with E-state index in [1.54, 1.807) is 0 Å². The van der Waals surface area contributed by atoms with Crippen molar-refractivity contribution in [1.29, 1.82) is 0 Å². The third kappa shape index (κ3) is 7.22. The molecule has 1 aliphatic heterocycles. The molecule has 25 heavy (non-hydrogen) atoms. The van der Waals surface area contributed by atoms with Crippen LogP contribution in [0.25, 0.3) is 0 Å². The van der Waals surface area contributed by atoms with Crippen LogP contribution in [0.4, 0.5) is 0 Å². The summed E-state index contributed by atoms with van der Waals surface area (Å²) in [4.78, 5) is 5.02. The molecule has 1 aliphatic rings. The number of rotatable bonds is 10. The molecule has 0 unspecified atom stereocenters. The number of hydrogen-bond acceptors (Lipinski definition) is 5. The fourth-order valence-electron chi connectivity index (χ4n) is 3.19. The minimum absolute atomic E-state index is 0.655. The van der Waals surface area contributed by atoms with E-state index in [1.165, 1.54) is 51.1 Å². The fourth-order valence-corrected chi connectivity index (χ4v) is 3.19. The van der Waals surface area contributed by atoms with Crippen LogP contribution in [0.5, 0.6) is 11.5 Å². The van der Waals surface area contributed by atoms with Crippen molar-refractivity contribution in [2.24, 2.45) is 0 Å². The zero-order valence-corrected chi connectivity index (χ0v) is 16.2. The SMILES string of the molecule is CCOc1ccc(CNCCCN2CCCN(C)CC2)cc1OCC. The molecule has 0 spiro atoms. The van der Waals surface area contributed by atoms with Gasteiger partial charge in [-0.05, 0) is 77.6 Å². The Bertz CT molecular complexity index is 496. The molecule has 1 saturated heterocycles. The van der Waals surface area contributed by atoms with Gasteiger partial charge in [0.1, 0.15) is 0 Å². The molecule has 142 valence electrons. The molecule has 0 aliphatic carbocycles. The monoisotopic (exact) mass is 349 g/mol. The van der Waals surface area contributed by atoms with E-state index < -0.39 is 0 Å². The predicted octanol–water partition coefficient (Wildman–Crippen LogP) is 2.60. The highest BCUT2D eigenvalue weighted by Crippen LogP contribution is 2.28. The van der Waals surface area contributed by atoms with Crippen LogP contribution >= 0.6 is 0 Å². The lowest BCUT2D eigenvalue weighted by Crippen LogP contribution is -2.31. The van der Waals surface area contributed by atoms with Crippen molar-refractivity contribution in [2.45, 2.75) is 33.2 Å². The molecule has 1 aromatic rings. The zero-order valence-electron chi connectivity index (χ0n) is 16.2. The summed E-state index contributed by atoms with van der Waals surface area (Å²) in [6, 6.07) is 6.22. The summed E-state index contributed by atoms with van der Waals surface area (Å²) in [7, 11) is 2.22. The van der Waals surface area contributed by atoms with E-state index in [1.807, 2.05) is 19.9 Å². The van der Waals surface area contributed by atoms with E-state index in [0.717, 1.165) is 24.6 Å². The highest BCUT2D eigenvalue weighted by atomic mass is 16.5. The molecule has 1 N–H and O–H groups in total. The van der Waals surface area contributed by atoms with Crippen molar-refractivity contribution < 1.29 is 9.47 Å². The number of ether oxygens (including phenoxy) is 2. The Balaban J connectivity index is 1.69. The maximum absolute atomic E-state index is 5.69. The molecule has 2 rings (SSSR count). The standard InChI is InChI=1S/C20H35N3O2/c1-4-24-19-9-8-18(16-20(19)25-5-2)17-21-10-6-12-23-13-7-11-22(3)14-15-23/h8-9,16,21H,4-7,10-15,17H2,1-3H3. The number of likely N-dealkylation sites (N-methyl/N-ethyl adjacent to an activating group) is 1. The molecule has 5 heteroatoms. The zero-order chi connectivity index (χ0) is 17.9. The van der Waals surface area contributed by atoms with E-state index in [0.29, 0.717) is 13.2 Å².